The molecule has 0 fully saturated rings. The van der Waals surface area contributed by atoms with Crippen LogP contribution in [0.3, 0.4) is 0 Å². The van der Waals surface area contributed by atoms with E-state index in [1.54, 1.807) is 24.4 Å². The molecule has 2 aromatic rings. The van der Waals surface area contributed by atoms with Gasteiger partial charge in [0.25, 0.3) is 5.91 Å². The summed E-state index contributed by atoms with van der Waals surface area (Å²) in [7, 11) is 0. The average Bonchev–Trinajstić information content (AvgIpc) is 2.88. The topological polar surface area (TPSA) is 83.9 Å². The maximum absolute atomic E-state index is 11.7. The molecular weight excluding hydrogens is 288 g/mol. The molecule has 2 heterocycles. The van der Waals surface area contributed by atoms with Crippen LogP contribution in [0.2, 0.25) is 0 Å². The molecule has 0 aromatic carbocycles. The fraction of sp³-hybridized carbons (Fsp3) is 0.100. The van der Waals surface area contributed by atoms with Crippen molar-refractivity contribution in [3.05, 3.63) is 34.8 Å². The van der Waals surface area contributed by atoms with Crippen LogP contribution in [0, 0.1) is 11.3 Å². The Morgan fingerprint density at radius 3 is 3.06 bits per heavy atom. The summed E-state index contributed by atoms with van der Waals surface area (Å²) in [6.07, 6.45) is 1.61. The molecule has 7 heteroatoms. The van der Waals surface area contributed by atoms with E-state index in [9.17, 15) is 4.79 Å². The van der Waals surface area contributed by atoms with Gasteiger partial charge in [0.05, 0.1) is 6.07 Å². The smallest absolute Gasteiger partial charge is 0.292 e. The van der Waals surface area contributed by atoms with E-state index in [1.165, 1.54) is 4.68 Å². The van der Waals surface area contributed by atoms with Crippen molar-refractivity contribution >= 4 is 27.7 Å². The van der Waals surface area contributed by atoms with Gasteiger partial charge < -0.3 is 9.73 Å². The monoisotopic (exact) mass is 294 g/mol. The lowest BCUT2D eigenvalue weighted by molar-refractivity contribution is 0.0995. The fourth-order valence-corrected chi connectivity index (χ4v) is 1.51. The van der Waals surface area contributed by atoms with Crippen molar-refractivity contribution in [1.82, 2.24) is 9.78 Å². The third kappa shape index (κ3) is 2.73. The molecule has 17 heavy (non-hydrogen) atoms. The molecule has 0 aliphatic rings. The lowest BCUT2D eigenvalue weighted by atomic mass is 10.4. The van der Waals surface area contributed by atoms with Crippen molar-refractivity contribution in [3.8, 4) is 6.07 Å². The van der Waals surface area contributed by atoms with Gasteiger partial charge in [0.15, 0.2) is 16.2 Å². The van der Waals surface area contributed by atoms with Crippen LogP contribution in [0.1, 0.15) is 10.6 Å². The van der Waals surface area contributed by atoms with Gasteiger partial charge in [0, 0.05) is 12.3 Å². The van der Waals surface area contributed by atoms with E-state index < -0.39 is 5.91 Å². The summed E-state index contributed by atoms with van der Waals surface area (Å²) in [5, 5.41) is 15.0. The number of carbonyl (C=O) groups excluding carboxylic acids is 1. The van der Waals surface area contributed by atoms with Crippen molar-refractivity contribution in [2.24, 2.45) is 0 Å². The first-order chi connectivity index (χ1) is 8.19. The minimum Gasteiger partial charge on any atom is -0.444 e. The highest BCUT2D eigenvalue weighted by atomic mass is 79.9. The van der Waals surface area contributed by atoms with Crippen LogP contribution < -0.4 is 5.32 Å². The van der Waals surface area contributed by atoms with Gasteiger partial charge in [0.1, 0.15) is 6.54 Å². The van der Waals surface area contributed by atoms with Gasteiger partial charge in [-0.3, -0.25) is 9.48 Å². The first-order valence-electron chi connectivity index (χ1n) is 4.66. The SMILES string of the molecule is N#CCn1ccc(NC(=O)c2ccc(Br)o2)n1. The third-order valence-corrected chi connectivity index (χ3v) is 2.34. The Balaban J connectivity index is 2.05. The second kappa shape index (κ2) is 4.84. The predicted molar refractivity (Wildman–Crippen MR) is 62.2 cm³/mol. The molecule has 0 unspecified atom stereocenters. The van der Waals surface area contributed by atoms with E-state index in [4.69, 9.17) is 9.68 Å². The van der Waals surface area contributed by atoms with E-state index in [2.05, 4.69) is 26.3 Å². The van der Waals surface area contributed by atoms with Crippen LogP contribution in [0.5, 0.6) is 0 Å². The minimum absolute atomic E-state index is 0.141. The third-order valence-electron chi connectivity index (χ3n) is 1.91. The Morgan fingerprint density at radius 1 is 1.59 bits per heavy atom. The van der Waals surface area contributed by atoms with Crippen LogP contribution in [-0.4, -0.2) is 15.7 Å². The van der Waals surface area contributed by atoms with E-state index in [-0.39, 0.29) is 12.3 Å². The Hall–Kier alpha value is -2.07. The Bertz CT molecular complexity index is 581. The molecule has 0 saturated heterocycles. The van der Waals surface area contributed by atoms with Crippen LogP contribution in [0.15, 0.2) is 33.5 Å². The summed E-state index contributed by atoms with van der Waals surface area (Å²) in [6, 6.07) is 6.73. The van der Waals surface area contributed by atoms with Crippen molar-refractivity contribution in [2.75, 3.05) is 5.32 Å². The van der Waals surface area contributed by atoms with Crippen LogP contribution in [0.4, 0.5) is 5.82 Å². The molecule has 1 N–H and O–H groups in total. The number of furan rings is 1. The minimum atomic E-state index is -0.391. The van der Waals surface area contributed by atoms with Crippen LogP contribution in [-0.2, 0) is 6.54 Å². The van der Waals surface area contributed by atoms with Gasteiger partial charge in [-0.1, -0.05) is 0 Å². The molecule has 0 bridgehead atoms. The fourth-order valence-electron chi connectivity index (χ4n) is 1.20. The Morgan fingerprint density at radius 2 is 2.41 bits per heavy atom. The van der Waals surface area contributed by atoms with Gasteiger partial charge in [0.2, 0.25) is 0 Å². The highest BCUT2D eigenvalue weighted by Crippen LogP contribution is 2.15. The molecule has 6 nitrogen and oxygen atoms in total. The zero-order valence-corrected chi connectivity index (χ0v) is 10.1. The molecule has 0 spiro atoms. The van der Waals surface area contributed by atoms with Gasteiger partial charge in [-0.2, -0.15) is 10.4 Å². The zero-order chi connectivity index (χ0) is 12.3. The highest BCUT2D eigenvalue weighted by molar-refractivity contribution is 9.10. The first kappa shape index (κ1) is 11.4. The van der Waals surface area contributed by atoms with Crippen LogP contribution >= 0.6 is 15.9 Å². The maximum atomic E-state index is 11.7. The second-order valence-corrected chi connectivity index (χ2v) is 3.90. The van der Waals surface area contributed by atoms with Gasteiger partial charge in [-0.05, 0) is 28.1 Å². The predicted octanol–water partition coefficient (Wildman–Crippen LogP) is 2.01. The van der Waals surface area contributed by atoms with Gasteiger partial charge >= 0.3 is 0 Å². The zero-order valence-electron chi connectivity index (χ0n) is 8.55. The molecule has 2 aromatic heterocycles. The quantitative estimate of drug-likeness (QED) is 0.938. The summed E-state index contributed by atoms with van der Waals surface area (Å²) in [5.74, 6) is 0.169. The van der Waals surface area contributed by atoms with Gasteiger partial charge in [-0.15, -0.1) is 0 Å². The summed E-state index contributed by atoms with van der Waals surface area (Å²) < 4.78 is 7.00. The molecule has 0 aliphatic carbocycles. The largest absolute Gasteiger partial charge is 0.444 e. The Labute approximate surface area is 105 Å². The lowest BCUT2D eigenvalue weighted by Crippen LogP contribution is -2.11. The summed E-state index contributed by atoms with van der Waals surface area (Å²) in [4.78, 5) is 11.7. The van der Waals surface area contributed by atoms with Crippen molar-refractivity contribution in [3.63, 3.8) is 0 Å². The molecule has 1 amide bonds. The molecule has 0 aliphatic heterocycles. The molecule has 0 saturated carbocycles. The van der Waals surface area contributed by atoms with Crippen LogP contribution in [0.25, 0.3) is 0 Å². The standard InChI is InChI=1S/C10H7BrN4O2/c11-8-2-1-7(17-8)10(16)13-9-3-5-15(14-9)6-4-12/h1-3,5H,6H2,(H,13,14,16). The van der Waals surface area contributed by atoms with Crippen molar-refractivity contribution < 1.29 is 9.21 Å². The number of halogens is 1. The average molecular weight is 295 g/mol. The summed E-state index contributed by atoms with van der Waals surface area (Å²) in [6.45, 7) is 0.141. The van der Waals surface area contributed by atoms with Gasteiger partial charge in [-0.25, -0.2) is 0 Å². The summed E-state index contributed by atoms with van der Waals surface area (Å²) >= 11 is 3.11. The first-order valence-corrected chi connectivity index (χ1v) is 5.45. The van der Waals surface area contributed by atoms with Crippen molar-refractivity contribution in [1.29, 1.82) is 5.26 Å². The number of nitrogens with one attached hydrogen (secondary N) is 1. The number of anilines is 1. The Kier molecular flexibility index (Phi) is 3.25. The van der Waals surface area contributed by atoms with E-state index >= 15 is 0 Å². The summed E-state index contributed by atoms with van der Waals surface area (Å²) in [5.41, 5.74) is 0. The molecule has 0 atom stereocenters. The second-order valence-electron chi connectivity index (χ2n) is 3.11. The molecule has 2 rings (SSSR count). The number of rotatable bonds is 3. The normalized spacial score (nSPS) is 9.88. The molecule has 0 radical (unpaired) electrons. The molecular formula is C10H7BrN4O2. The number of nitriles is 1. The number of amides is 1. The maximum Gasteiger partial charge on any atom is 0.292 e. The number of hydrogen-bond donors (Lipinski definition) is 1. The van der Waals surface area contributed by atoms with E-state index in [0.717, 1.165) is 0 Å². The number of aromatic nitrogens is 2. The van der Waals surface area contributed by atoms with E-state index in [1.807, 2.05) is 6.07 Å². The highest BCUT2D eigenvalue weighted by Gasteiger charge is 2.11. The number of nitrogens with zero attached hydrogens (tertiary/aromatic N) is 3. The lowest BCUT2D eigenvalue weighted by Gasteiger charge is -1.97. The number of hydrogen-bond acceptors (Lipinski definition) is 4. The molecule has 86 valence electrons. The van der Waals surface area contributed by atoms with E-state index in [0.29, 0.717) is 10.5 Å². The van der Waals surface area contributed by atoms with Crippen molar-refractivity contribution in [2.45, 2.75) is 6.54 Å². The number of carbonyl (C=O) groups is 1.